The maximum atomic E-state index is 11.0. The van der Waals surface area contributed by atoms with E-state index in [0.29, 0.717) is 5.75 Å². The summed E-state index contributed by atoms with van der Waals surface area (Å²) >= 11 is 0. The molecule has 0 radical (unpaired) electrons. The van der Waals surface area contributed by atoms with Crippen LogP contribution < -0.4 is 9.47 Å². The van der Waals surface area contributed by atoms with Gasteiger partial charge in [-0.2, -0.15) is 9.97 Å². The van der Waals surface area contributed by atoms with E-state index in [0.717, 1.165) is 11.9 Å². The van der Waals surface area contributed by atoms with Crippen molar-refractivity contribution in [2.24, 2.45) is 0 Å². The molecule has 0 atom stereocenters. The third-order valence-electron chi connectivity index (χ3n) is 2.34. The summed E-state index contributed by atoms with van der Waals surface area (Å²) in [5.41, 5.74) is 0.577. The van der Waals surface area contributed by atoms with Gasteiger partial charge in [-0.25, -0.2) is 0 Å². The molecule has 0 aliphatic carbocycles. The van der Waals surface area contributed by atoms with Crippen LogP contribution >= 0.6 is 0 Å². The van der Waals surface area contributed by atoms with Crippen LogP contribution in [0, 0.1) is 17.0 Å². The van der Waals surface area contributed by atoms with E-state index in [1.807, 2.05) is 13.0 Å². The minimum absolute atomic E-state index is 0.136. The summed E-state index contributed by atoms with van der Waals surface area (Å²) < 4.78 is 10.3. The Morgan fingerprint density at radius 1 is 1.26 bits per heavy atom. The summed E-state index contributed by atoms with van der Waals surface area (Å²) in [6, 6.07) is 7.11. The highest BCUT2D eigenvalue weighted by atomic mass is 16.6. The lowest BCUT2D eigenvalue weighted by molar-refractivity contribution is -0.387. The SMILES string of the molecule is COc1ncnc(Oc2cccc(C)c2)c1[N+](=O)[O-]. The fourth-order valence-electron chi connectivity index (χ4n) is 1.52. The Balaban J connectivity index is 2.42. The summed E-state index contributed by atoms with van der Waals surface area (Å²) in [5, 5.41) is 11.0. The van der Waals surface area contributed by atoms with Gasteiger partial charge in [-0.15, -0.1) is 0 Å². The minimum Gasteiger partial charge on any atom is -0.476 e. The van der Waals surface area contributed by atoms with E-state index in [9.17, 15) is 10.1 Å². The monoisotopic (exact) mass is 261 g/mol. The molecule has 7 nitrogen and oxygen atoms in total. The lowest BCUT2D eigenvalue weighted by Gasteiger charge is -2.07. The van der Waals surface area contributed by atoms with Crippen LogP contribution in [0.5, 0.6) is 17.5 Å². The zero-order valence-electron chi connectivity index (χ0n) is 10.4. The average molecular weight is 261 g/mol. The number of nitrogens with zero attached hydrogens (tertiary/aromatic N) is 3. The van der Waals surface area contributed by atoms with Crippen LogP contribution in [-0.2, 0) is 0 Å². The molecular formula is C12H11N3O4. The Bertz CT molecular complexity index is 616. The highest BCUT2D eigenvalue weighted by Gasteiger charge is 2.25. The Hall–Kier alpha value is -2.70. The lowest BCUT2D eigenvalue weighted by atomic mass is 10.2. The summed E-state index contributed by atoms with van der Waals surface area (Å²) in [6.07, 6.45) is 1.15. The molecule has 1 aromatic heterocycles. The molecule has 2 aromatic rings. The fourth-order valence-corrected chi connectivity index (χ4v) is 1.52. The van der Waals surface area contributed by atoms with E-state index >= 15 is 0 Å². The van der Waals surface area contributed by atoms with Gasteiger partial charge in [-0.05, 0) is 24.6 Å². The molecule has 7 heteroatoms. The van der Waals surface area contributed by atoms with Gasteiger partial charge in [-0.1, -0.05) is 12.1 Å². The number of methoxy groups -OCH3 is 1. The van der Waals surface area contributed by atoms with Crippen molar-refractivity contribution in [3.05, 3.63) is 46.3 Å². The molecule has 2 rings (SSSR count). The van der Waals surface area contributed by atoms with Crippen LogP contribution in [0.3, 0.4) is 0 Å². The van der Waals surface area contributed by atoms with Gasteiger partial charge in [0.15, 0.2) is 0 Å². The molecule has 0 bridgehead atoms. The standard InChI is InChI=1S/C12H11N3O4/c1-8-4-3-5-9(6-8)19-12-10(15(16)17)11(18-2)13-7-14-12/h3-7H,1-2H3. The van der Waals surface area contributed by atoms with Crippen molar-refractivity contribution < 1.29 is 14.4 Å². The molecular weight excluding hydrogens is 250 g/mol. The van der Waals surface area contributed by atoms with Crippen LogP contribution in [-0.4, -0.2) is 22.0 Å². The number of ether oxygens (including phenoxy) is 2. The Labute approximate surface area is 109 Å². The second-order valence-electron chi connectivity index (χ2n) is 3.71. The van der Waals surface area contributed by atoms with Crippen molar-refractivity contribution in [1.29, 1.82) is 0 Å². The number of benzene rings is 1. The molecule has 0 amide bonds. The molecule has 0 unspecified atom stereocenters. The molecule has 1 aromatic carbocycles. The first-order valence-corrected chi connectivity index (χ1v) is 5.39. The van der Waals surface area contributed by atoms with E-state index in [2.05, 4.69) is 9.97 Å². The van der Waals surface area contributed by atoms with Crippen molar-refractivity contribution in [2.45, 2.75) is 6.92 Å². The van der Waals surface area contributed by atoms with Crippen LogP contribution in [0.25, 0.3) is 0 Å². The van der Waals surface area contributed by atoms with Gasteiger partial charge >= 0.3 is 17.4 Å². The van der Waals surface area contributed by atoms with Crippen LogP contribution in [0.15, 0.2) is 30.6 Å². The number of hydrogen-bond acceptors (Lipinski definition) is 6. The molecule has 19 heavy (non-hydrogen) atoms. The predicted molar refractivity (Wildman–Crippen MR) is 66.5 cm³/mol. The normalized spacial score (nSPS) is 10.0. The molecule has 0 spiro atoms. The zero-order chi connectivity index (χ0) is 13.8. The molecule has 0 fully saturated rings. The van der Waals surface area contributed by atoms with Crippen molar-refractivity contribution >= 4 is 5.69 Å². The number of rotatable bonds is 4. The first kappa shape index (κ1) is 12.7. The number of nitro groups is 1. The van der Waals surface area contributed by atoms with E-state index in [-0.39, 0.29) is 11.8 Å². The van der Waals surface area contributed by atoms with Crippen LogP contribution in [0.1, 0.15) is 5.56 Å². The van der Waals surface area contributed by atoms with Crippen molar-refractivity contribution in [3.63, 3.8) is 0 Å². The molecule has 0 saturated carbocycles. The van der Waals surface area contributed by atoms with E-state index in [1.165, 1.54) is 7.11 Å². The Morgan fingerprint density at radius 3 is 2.63 bits per heavy atom. The van der Waals surface area contributed by atoms with E-state index in [4.69, 9.17) is 9.47 Å². The topological polar surface area (TPSA) is 87.4 Å². The predicted octanol–water partition coefficient (Wildman–Crippen LogP) is 2.49. The van der Waals surface area contributed by atoms with Gasteiger partial charge in [0.25, 0.3) is 0 Å². The largest absolute Gasteiger partial charge is 0.476 e. The molecule has 1 heterocycles. The van der Waals surface area contributed by atoms with Gasteiger partial charge in [0.05, 0.1) is 12.0 Å². The molecule has 0 aliphatic heterocycles. The second-order valence-corrected chi connectivity index (χ2v) is 3.71. The Morgan fingerprint density at radius 2 is 2.00 bits per heavy atom. The number of aryl methyl sites for hydroxylation is 1. The van der Waals surface area contributed by atoms with Gasteiger partial charge in [-0.3, -0.25) is 10.1 Å². The first-order valence-electron chi connectivity index (χ1n) is 5.39. The molecule has 0 N–H and O–H groups in total. The second kappa shape index (κ2) is 5.30. The summed E-state index contributed by atoms with van der Waals surface area (Å²) in [6.45, 7) is 1.89. The molecule has 0 aliphatic rings. The quantitative estimate of drug-likeness (QED) is 0.620. The maximum Gasteiger partial charge on any atom is 0.392 e. The maximum absolute atomic E-state index is 11.0. The van der Waals surface area contributed by atoms with Crippen LogP contribution in [0.2, 0.25) is 0 Å². The minimum atomic E-state index is -0.635. The van der Waals surface area contributed by atoms with Gasteiger partial charge in [0.2, 0.25) is 0 Å². The lowest BCUT2D eigenvalue weighted by Crippen LogP contribution is -2.01. The highest BCUT2D eigenvalue weighted by molar-refractivity contribution is 5.50. The van der Waals surface area contributed by atoms with E-state index < -0.39 is 10.6 Å². The zero-order valence-corrected chi connectivity index (χ0v) is 10.4. The third kappa shape index (κ3) is 2.76. The summed E-state index contributed by atoms with van der Waals surface area (Å²) in [5.74, 6) is 0.175. The van der Waals surface area contributed by atoms with Gasteiger partial charge < -0.3 is 9.47 Å². The smallest absolute Gasteiger partial charge is 0.392 e. The summed E-state index contributed by atoms with van der Waals surface area (Å²) in [4.78, 5) is 17.9. The van der Waals surface area contributed by atoms with Crippen molar-refractivity contribution in [2.75, 3.05) is 7.11 Å². The molecule has 98 valence electrons. The first-order chi connectivity index (χ1) is 9.11. The fraction of sp³-hybridized carbons (Fsp3) is 0.167. The highest BCUT2D eigenvalue weighted by Crippen LogP contribution is 2.35. The summed E-state index contributed by atoms with van der Waals surface area (Å²) in [7, 11) is 1.30. The average Bonchev–Trinajstić information content (AvgIpc) is 2.38. The van der Waals surface area contributed by atoms with Crippen molar-refractivity contribution in [3.8, 4) is 17.5 Å². The molecule has 0 saturated heterocycles. The van der Waals surface area contributed by atoms with Gasteiger partial charge in [0.1, 0.15) is 12.1 Å². The van der Waals surface area contributed by atoms with Crippen molar-refractivity contribution in [1.82, 2.24) is 9.97 Å². The van der Waals surface area contributed by atoms with Gasteiger partial charge in [0, 0.05) is 0 Å². The Kier molecular flexibility index (Phi) is 3.56. The third-order valence-corrected chi connectivity index (χ3v) is 2.34. The van der Waals surface area contributed by atoms with E-state index in [1.54, 1.807) is 18.2 Å². The number of aromatic nitrogens is 2. The van der Waals surface area contributed by atoms with Crippen LogP contribution in [0.4, 0.5) is 5.69 Å². The number of hydrogen-bond donors (Lipinski definition) is 0.